The largest absolute Gasteiger partial charge is 0.497 e. The van der Waals surface area contributed by atoms with E-state index in [-0.39, 0.29) is 12.0 Å². The van der Waals surface area contributed by atoms with Crippen molar-refractivity contribution in [3.8, 4) is 11.6 Å². The molecule has 0 spiro atoms. The van der Waals surface area contributed by atoms with Gasteiger partial charge in [-0.25, -0.2) is 0 Å². The Balaban J connectivity index is 1.89. The van der Waals surface area contributed by atoms with E-state index < -0.39 is 55.1 Å². The van der Waals surface area contributed by atoms with Crippen molar-refractivity contribution in [2.45, 2.75) is 43.3 Å². The number of H-pyrrole nitrogens is 1. The molecule has 12 heteroatoms. The van der Waals surface area contributed by atoms with Gasteiger partial charge in [-0.05, 0) is 17.7 Å². The van der Waals surface area contributed by atoms with Crippen LogP contribution < -0.4 is 9.47 Å². The van der Waals surface area contributed by atoms with E-state index in [9.17, 15) is 33.6 Å². The van der Waals surface area contributed by atoms with Crippen molar-refractivity contribution in [3.63, 3.8) is 0 Å². The zero-order valence-electron chi connectivity index (χ0n) is 15.7. The minimum atomic E-state index is -4.76. The lowest BCUT2D eigenvalue weighted by molar-refractivity contribution is -0.278. The topological polar surface area (TPSA) is 137 Å². The second-order valence-electron chi connectivity index (χ2n) is 6.72. The molecule has 0 bridgehead atoms. The van der Waals surface area contributed by atoms with Crippen molar-refractivity contribution in [3.05, 3.63) is 41.1 Å². The van der Waals surface area contributed by atoms with Gasteiger partial charge in [0.05, 0.1) is 19.3 Å². The Morgan fingerprint density at radius 1 is 1.10 bits per heavy atom. The highest BCUT2D eigenvalue weighted by Gasteiger charge is 2.46. The van der Waals surface area contributed by atoms with Gasteiger partial charge in [0.2, 0.25) is 12.2 Å². The molecule has 30 heavy (non-hydrogen) atoms. The Hall–Kier alpha value is -2.38. The molecule has 0 radical (unpaired) electrons. The predicted octanol–water partition coefficient (Wildman–Crippen LogP) is 0.207. The lowest BCUT2D eigenvalue weighted by Gasteiger charge is -2.39. The highest BCUT2D eigenvalue weighted by Crippen LogP contribution is 2.36. The maximum Gasteiger partial charge on any atom is 0.433 e. The quantitative estimate of drug-likeness (QED) is 0.435. The monoisotopic (exact) mass is 434 g/mol. The first-order chi connectivity index (χ1) is 14.2. The second kappa shape index (κ2) is 8.78. The van der Waals surface area contributed by atoms with Gasteiger partial charge in [-0.15, -0.1) is 5.10 Å². The molecule has 2 aromatic rings. The number of alkyl halides is 3. The van der Waals surface area contributed by atoms with E-state index in [4.69, 9.17) is 14.2 Å². The van der Waals surface area contributed by atoms with Crippen LogP contribution in [0.3, 0.4) is 0 Å². The lowest BCUT2D eigenvalue weighted by Crippen LogP contribution is -2.60. The van der Waals surface area contributed by atoms with Crippen molar-refractivity contribution in [2.24, 2.45) is 0 Å². The number of hydrogen-bond acceptors (Lipinski definition) is 8. The van der Waals surface area contributed by atoms with Crippen LogP contribution in [0.1, 0.15) is 16.8 Å². The second-order valence-corrected chi connectivity index (χ2v) is 6.72. The maximum atomic E-state index is 13.4. The molecule has 0 amide bonds. The molecule has 1 aromatic heterocycles. The van der Waals surface area contributed by atoms with Gasteiger partial charge in [0, 0.05) is 6.42 Å². The molecule has 166 valence electrons. The number of halogens is 3. The Labute approximate surface area is 168 Å². The normalized spacial score (nSPS) is 27.1. The van der Waals surface area contributed by atoms with Crippen LogP contribution in [0.5, 0.6) is 11.6 Å². The molecule has 1 aliphatic rings. The molecule has 1 saturated heterocycles. The molecular formula is C18H21F3N2O7. The van der Waals surface area contributed by atoms with E-state index in [1.54, 1.807) is 24.3 Å². The third kappa shape index (κ3) is 4.52. The van der Waals surface area contributed by atoms with E-state index in [0.717, 1.165) is 0 Å². The van der Waals surface area contributed by atoms with Gasteiger partial charge in [0.15, 0.2) is 0 Å². The number of nitrogens with zero attached hydrogens (tertiary/aromatic N) is 1. The summed E-state index contributed by atoms with van der Waals surface area (Å²) in [7, 11) is 1.46. The number of aliphatic hydroxyl groups is 4. The van der Waals surface area contributed by atoms with E-state index in [2.05, 4.69) is 5.10 Å². The average Bonchev–Trinajstić information content (AvgIpc) is 3.11. The molecule has 1 fully saturated rings. The number of nitrogens with one attached hydrogen (secondary N) is 1. The summed E-state index contributed by atoms with van der Waals surface area (Å²) < 4.78 is 55.8. The number of ether oxygens (including phenoxy) is 3. The van der Waals surface area contributed by atoms with E-state index in [1.807, 2.05) is 5.10 Å². The first-order valence-electron chi connectivity index (χ1n) is 8.90. The van der Waals surface area contributed by atoms with Gasteiger partial charge < -0.3 is 34.6 Å². The first-order valence-corrected chi connectivity index (χ1v) is 8.90. The van der Waals surface area contributed by atoms with E-state index in [0.29, 0.717) is 11.3 Å². The van der Waals surface area contributed by atoms with Crippen LogP contribution >= 0.6 is 0 Å². The summed E-state index contributed by atoms with van der Waals surface area (Å²) in [5, 5.41) is 44.4. The van der Waals surface area contributed by atoms with Gasteiger partial charge in [-0.3, -0.25) is 5.10 Å². The molecule has 5 N–H and O–H groups in total. The summed E-state index contributed by atoms with van der Waals surface area (Å²) in [4.78, 5) is 0. The zero-order chi connectivity index (χ0) is 22.1. The minimum absolute atomic E-state index is 0.220. The molecule has 0 aliphatic carbocycles. The molecule has 5 atom stereocenters. The summed E-state index contributed by atoms with van der Waals surface area (Å²) in [6.07, 6.45) is -13.1. The first kappa shape index (κ1) is 22.3. The van der Waals surface area contributed by atoms with Gasteiger partial charge in [-0.1, -0.05) is 12.1 Å². The van der Waals surface area contributed by atoms with Crippen molar-refractivity contribution in [1.82, 2.24) is 10.2 Å². The Kier molecular flexibility index (Phi) is 6.53. The molecule has 1 aromatic carbocycles. The van der Waals surface area contributed by atoms with Crippen LogP contribution in [0.2, 0.25) is 0 Å². The molecular weight excluding hydrogens is 413 g/mol. The Morgan fingerprint density at radius 2 is 1.77 bits per heavy atom. The van der Waals surface area contributed by atoms with Crippen LogP contribution in [0.25, 0.3) is 0 Å². The highest BCUT2D eigenvalue weighted by molar-refractivity contribution is 5.39. The highest BCUT2D eigenvalue weighted by atomic mass is 19.4. The van der Waals surface area contributed by atoms with Gasteiger partial charge >= 0.3 is 6.18 Å². The number of hydrogen-bond donors (Lipinski definition) is 5. The molecule has 2 heterocycles. The average molecular weight is 434 g/mol. The maximum absolute atomic E-state index is 13.4. The fourth-order valence-electron chi connectivity index (χ4n) is 3.07. The SMILES string of the molecule is COc1ccc(Cc2c(O[C@@H]3O[C@H](CO)[C@@H](O)[C@H](O)[C@H]3O)n[nH]c2C(F)(F)F)cc1. The summed E-state index contributed by atoms with van der Waals surface area (Å²) in [5.41, 5.74) is -0.983. The molecule has 0 unspecified atom stereocenters. The fraction of sp³-hybridized carbons (Fsp3) is 0.500. The van der Waals surface area contributed by atoms with E-state index >= 15 is 0 Å². The summed E-state index contributed by atoms with van der Waals surface area (Å²) in [6.45, 7) is -0.710. The number of rotatable bonds is 6. The lowest BCUT2D eigenvalue weighted by atomic mass is 9.99. The minimum Gasteiger partial charge on any atom is -0.497 e. The van der Waals surface area contributed by atoms with Crippen molar-refractivity contribution in [1.29, 1.82) is 0 Å². The van der Waals surface area contributed by atoms with Crippen LogP contribution in [0, 0.1) is 0 Å². The number of methoxy groups -OCH3 is 1. The van der Waals surface area contributed by atoms with Gasteiger partial charge in [0.25, 0.3) is 0 Å². The molecule has 9 nitrogen and oxygen atoms in total. The van der Waals surface area contributed by atoms with Crippen molar-refractivity contribution >= 4 is 0 Å². The number of aromatic amines is 1. The number of aromatic nitrogens is 2. The van der Waals surface area contributed by atoms with Crippen LogP contribution in [0.15, 0.2) is 24.3 Å². The smallest absolute Gasteiger partial charge is 0.433 e. The van der Waals surface area contributed by atoms with Crippen LogP contribution in [-0.4, -0.2) is 75.0 Å². The van der Waals surface area contributed by atoms with Crippen molar-refractivity contribution < 1.29 is 47.8 Å². The standard InChI is InChI=1S/C18H21F3N2O7/c1-28-9-4-2-8(3-5-9)6-10-15(18(19,20)21)22-23-16(10)30-17-14(27)13(26)12(25)11(7-24)29-17/h2-5,11-14,17,24-27H,6-7H2,1H3,(H,22,23)/t11-,12-,13+,14-,17+/m1/s1. The summed E-state index contributed by atoms with van der Waals surface area (Å²) in [6, 6.07) is 6.31. The van der Waals surface area contributed by atoms with Crippen molar-refractivity contribution in [2.75, 3.05) is 13.7 Å². The van der Waals surface area contributed by atoms with Crippen LogP contribution in [0.4, 0.5) is 13.2 Å². The van der Waals surface area contributed by atoms with E-state index in [1.165, 1.54) is 7.11 Å². The predicted molar refractivity (Wildman–Crippen MR) is 93.8 cm³/mol. The molecule has 1 aliphatic heterocycles. The Bertz CT molecular complexity index is 841. The Morgan fingerprint density at radius 3 is 2.33 bits per heavy atom. The molecule has 3 rings (SSSR count). The van der Waals surface area contributed by atoms with Gasteiger partial charge in [0.1, 0.15) is 35.9 Å². The molecule has 0 saturated carbocycles. The summed E-state index contributed by atoms with van der Waals surface area (Å²) >= 11 is 0. The third-order valence-corrected chi connectivity index (χ3v) is 4.73. The van der Waals surface area contributed by atoms with Crippen LogP contribution in [-0.2, 0) is 17.3 Å². The third-order valence-electron chi connectivity index (χ3n) is 4.73. The summed E-state index contributed by atoms with van der Waals surface area (Å²) in [5.74, 6) is 0.0299. The number of benzene rings is 1. The number of aliphatic hydroxyl groups excluding tert-OH is 4. The zero-order valence-corrected chi connectivity index (χ0v) is 15.7. The van der Waals surface area contributed by atoms with Gasteiger partial charge in [-0.2, -0.15) is 13.2 Å². The fourth-order valence-corrected chi connectivity index (χ4v) is 3.07.